The lowest BCUT2D eigenvalue weighted by atomic mass is 10.0. The highest BCUT2D eigenvalue weighted by atomic mass is 16.5. The van der Waals surface area contributed by atoms with Gasteiger partial charge in [-0.1, -0.05) is 25.7 Å². The minimum atomic E-state index is -0.304. The van der Waals surface area contributed by atoms with Crippen LogP contribution in [0.4, 0.5) is 0 Å². The average Bonchev–Trinajstić information content (AvgIpc) is 2.82. The van der Waals surface area contributed by atoms with E-state index in [2.05, 4.69) is 12.2 Å². The van der Waals surface area contributed by atoms with Crippen LogP contribution in [0, 0.1) is 5.92 Å². The largest absolute Gasteiger partial charge is 0.391 e. The molecule has 2 N–H and O–H groups in total. The number of hydrogen-bond donors (Lipinski definition) is 2. The van der Waals surface area contributed by atoms with Crippen LogP contribution in [0.1, 0.15) is 39.0 Å². The van der Waals surface area contributed by atoms with Crippen LogP contribution >= 0.6 is 0 Å². The topological polar surface area (TPSA) is 50.7 Å². The Bertz CT molecular complexity index is 231. The van der Waals surface area contributed by atoms with Crippen molar-refractivity contribution in [2.24, 2.45) is 5.92 Å². The lowest BCUT2D eigenvalue weighted by molar-refractivity contribution is -0.0806. The quantitative estimate of drug-likeness (QED) is 0.753. The van der Waals surface area contributed by atoms with Gasteiger partial charge in [0.2, 0.25) is 0 Å². The zero-order chi connectivity index (χ0) is 12.8. The number of rotatable bonds is 6. The molecule has 0 bridgehead atoms. The van der Waals surface area contributed by atoms with Gasteiger partial charge in [0.1, 0.15) is 0 Å². The van der Waals surface area contributed by atoms with Crippen LogP contribution < -0.4 is 5.32 Å². The van der Waals surface area contributed by atoms with Gasteiger partial charge >= 0.3 is 0 Å². The van der Waals surface area contributed by atoms with Crippen molar-refractivity contribution in [3.8, 4) is 0 Å². The van der Waals surface area contributed by atoms with Crippen molar-refractivity contribution in [1.29, 1.82) is 0 Å². The molecule has 0 aromatic rings. The van der Waals surface area contributed by atoms with Gasteiger partial charge in [-0.3, -0.25) is 0 Å². The van der Waals surface area contributed by atoms with Crippen molar-refractivity contribution >= 4 is 0 Å². The first-order chi connectivity index (χ1) is 8.74. The van der Waals surface area contributed by atoms with Gasteiger partial charge in [-0.05, 0) is 19.3 Å². The molecule has 4 heteroatoms. The van der Waals surface area contributed by atoms with E-state index >= 15 is 0 Å². The highest BCUT2D eigenvalue weighted by Crippen LogP contribution is 2.28. The third-order valence-corrected chi connectivity index (χ3v) is 3.92. The first-order valence-corrected chi connectivity index (χ1v) is 7.36. The molecule has 1 saturated heterocycles. The predicted molar refractivity (Wildman–Crippen MR) is 70.6 cm³/mol. The van der Waals surface area contributed by atoms with Crippen LogP contribution in [0.15, 0.2) is 0 Å². The highest BCUT2D eigenvalue weighted by Gasteiger charge is 2.21. The zero-order valence-corrected chi connectivity index (χ0v) is 11.4. The summed E-state index contributed by atoms with van der Waals surface area (Å²) in [6.07, 6.45) is 6.22. The molecule has 18 heavy (non-hydrogen) atoms. The SMILES string of the molecule is CC1CNCC(COCC(O)CC2CCCC2)O1. The Kier molecular flexibility index (Phi) is 5.89. The van der Waals surface area contributed by atoms with Gasteiger partial charge in [0.25, 0.3) is 0 Å². The van der Waals surface area contributed by atoms with Gasteiger partial charge in [-0.2, -0.15) is 0 Å². The summed E-state index contributed by atoms with van der Waals surface area (Å²) in [6, 6.07) is 0. The predicted octanol–water partition coefficient (Wildman–Crippen LogP) is 1.32. The third-order valence-electron chi connectivity index (χ3n) is 3.92. The molecular formula is C14H27NO3. The monoisotopic (exact) mass is 257 g/mol. The second-order valence-electron chi connectivity index (χ2n) is 5.80. The Morgan fingerprint density at radius 1 is 1.33 bits per heavy atom. The highest BCUT2D eigenvalue weighted by molar-refractivity contribution is 4.73. The van der Waals surface area contributed by atoms with E-state index in [-0.39, 0.29) is 18.3 Å². The normalized spacial score (nSPS) is 31.7. The van der Waals surface area contributed by atoms with Crippen LogP contribution in [0.3, 0.4) is 0 Å². The number of aliphatic hydroxyl groups excluding tert-OH is 1. The van der Waals surface area contributed by atoms with Crippen molar-refractivity contribution in [2.75, 3.05) is 26.3 Å². The lowest BCUT2D eigenvalue weighted by Gasteiger charge is -2.28. The second-order valence-corrected chi connectivity index (χ2v) is 5.80. The molecule has 0 spiro atoms. The summed E-state index contributed by atoms with van der Waals surface area (Å²) in [5.74, 6) is 0.719. The van der Waals surface area contributed by atoms with E-state index in [0.29, 0.717) is 13.2 Å². The third kappa shape index (κ3) is 4.84. The molecule has 0 radical (unpaired) electrons. The van der Waals surface area contributed by atoms with E-state index in [1.54, 1.807) is 0 Å². The fourth-order valence-corrected chi connectivity index (χ4v) is 3.00. The maximum atomic E-state index is 9.91. The summed E-state index contributed by atoms with van der Waals surface area (Å²) in [4.78, 5) is 0. The maximum Gasteiger partial charge on any atom is 0.0936 e. The zero-order valence-electron chi connectivity index (χ0n) is 11.4. The molecule has 1 heterocycles. The van der Waals surface area contributed by atoms with Crippen LogP contribution in [0.5, 0.6) is 0 Å². The van der Waals surface area contributed by atoms with E-state index in [9.17, 15) is 5.11 Å². The minimum Gasteiger partial charge on any atom is -0.391 e. The molecule has 2 rings (SSSR count). The Morgan fingerprint density at radius 2 is 2.11 bits per heavy atom. The van der Waals surface area contributed by atoms with Crippen LogP contribution in [-0.2, 0) is 9.47 Å². The van der Waals surface area contributed by atoms with Crippen molar-refractivity contribution < 1.29 is 14.6 Å². The van der Waals surface area contributed by atoms with Gasteiger partial charge < -0.3 is 19.9 Å². The van der Waals surface area contributed by atoms with E-state index < -0.39 is 0 Å². The molecule has 1 aliphatic heterocycles. The van der Waals surface area contributed by atoms with Gasteiger partial charge in [-0.25, -0.2) is 0 Å². The van der Waals surface area contributed by atoms with Crippen molar-refractivity contribution in [3.63, 3.8) is 0 Å². The summed E-state index contributed by atoms with van der Waals surface area (Å²) in [5, 5.41) is 13.2. The molecule has 1 saturated carbocycles. The summed E-state index contributed by atoms with van der Waals surface area (Å²) in [6.45, 7) is 4.86. The average molecular weight is 257 g/mol. The van der Waals surface area contributed by atoms with E-state index in [4.69, 9.17) is 9.47 Å². The molecule has 0 aromatic carbocycles. The minimum absolute atomic E-state index is 0.132. The molecule has 3 atom stereocenters. The molecule has 1 aliphatic carbocycles. The van der Waals surface area contributed by atoms with Gasteiger partial charge in [0.15, 0.2) is 0 Å². The lowest BCUT2D eigenvalue weighted by Crippen LogP contribution is -2.45. The number of aliphatic hydroxyl groups is 1. The van der Waals surface area contributed by atoms with E-state index in [1.165, 1.54) is 25.7 Å². The maximum absolute atomic E-state index is 9.91. The number of ether oxygens (including phenoxy) is 2. The molecule has 4 nitrogen and oxygen atoms in total. The number of hydrogen-bond acceptors (Lipinski definition) is 4. The number of nitrogens with one attached hydrogen (secondary N) is 1. The molecular weight excluding hydrogens is 230 g/mol. The van der Waals surface area contributed by atoms with Crippen molar-refractivity contribution in [2.45, 2.75) is 57.3 Å². The van der Waals surface area contributed by atoms with E-state index in [0.717, 1.165) is 25.4 Å². The summed E-state index contributed by atoms with van der Waals surface area (Å²) < 4.78 is 11.3. The van der Waals surface area contributed by atoms with Crippen LogP contribution in [0.2, 0.25) is 0 Å². The first kappa shape index (κ1) is 14.3. The summed E-state index contributed by atoms with van der Waals surface area (Å²) >= 11 is 0. The smallest absolute Gasteiger partial charge is 0.0936 e. The first-order valence-electron chi connectivity index (χ1n) is 7.36. The second kappa shape index (κ2) is 7.43. The Labute approximate surface area is 110 Å². The van der Waals surface area contributed by atoms with Gasteiger partial charge in [0.05, 0.1) is 31.5 Å². The molecule has 0 amide bonds. The summed E-state index contributed by atoms with van der Waals surface area (Å²) in [5.41, 5.74) is 0. The Balaban J connectivity index is 1.53. The van der Waals surface area contributed by atoms with Crippen molar-refractivity contribution in [3.05, 3.63) is 0 Å². The Morgan fingerprint density at radius 3 is 2.83 bits per heavy atom. The standard InChI is InChI=1S/C14H27NO3/c1-11-7-15-8-14(18-11)10-17-9-13(16)6-12-4-2-3-5-12/h11-16H,2-10H2,1H3. The fraction of sp³-hybridized carbons (Fsp3) is 1.00. The molecule has 0 aromatic heterocycles. The number of morpholine rings is 1. The van der Waals surface area contributed by atoms with Gasteiger partial charge in [0, 0.05) is 13.1 Å². The molecule has 2 fully saturated rings. The fourth-order valence-electron chi connectivity index (χ4n) is 3.00. The van der Waals surface area contributed by atoms with Crippen LogP contribution in [-0.4, -0.2) is 49.7 Å². The van der Waals surface area contributed by atoms with Crippen molar-refractivity contribution in [1.82, 2.24) is 5.32 Å². The molecule has 3 unspecified atom stereocenters. The molecule has 106 valence electrons. The molecule has 2 aliphatic rings. The van der Waals surface area contributed by atoms with Crippen LogP contribution in [0.25, 0.3) is 0 Å². The van der Waals surface area contributed by atoms with E-state index in [1.807, 2.05) is 0 Å². The van der Waals surface area contributed by atoms with Gasteiger partial charge in [-0.15, -0.1) is 0 Å². The summed E-state index contributed by atoms with van der Waals surface area (Å²) in [7, 11) is 0. The Hall–Kier alpha value is -0.160.